The van der Waals surface area contributed by atoms with Gasteiger partial charge in [0, 0.05) is 25.0 Å². The summed E-state index contributed by atoms with van der Waals surface area (Å²) in [5.74, 6) is 1.50. The van der Waals surface area contributed by atoms with Gasteiger partial charge in [0.2, 0.25) is 0 Å². The molecular formula is C47H72O2. The van der Waals surface area contributed by atoms with Crippen molar-refractivity contribution in [1.82, 2.24) is 0 Å². The van der Waals surface area contributed by atoms with Crippen LogP contribution in [0.25, 0.3) is 0 Å². The van der Waals surface area contributed by atoms with E-state index in [-0.39, 0.29) is 19.1 Å². The molecule has 2 unspecified atom stereocenters. The molecule has 2 atom stereocenters. The Morgan fingerprint density at radius 2 is 1.47 bits per heavy atom. The van der Waals surface area contributed by atoms with Crippen molar-refractivity contribution >= 4 is 0 Å². The van der Waals surface area contributed by atoms with Crippen molar-refractivity contribution in [3.05, 3.63) is 132 Å². The zero-order valence-corrected chi connectivity index (χ0v) is 32.2. The molecule has 0 saturated carbocycles. The van der Waals surface area contributed by atoms with E-state index in [0.717, 1.165) is 62.9 Å². The lowest BCUT2D eigenvalue weighted by Gasteiger charge is -2.23. The summed E-state index contributed by atoms with van der Waals surface area (Å²) in [7, 11) is 0. The normalized spacial score (nSPS) is 15.1. The third kappa shape index (κ3) is 17.5. The number of aliphatic hydroxyl groups is 2. The van der Waals surface area contributed by atoms with Crippen LogP contribution >= 0.6 is 0 Å². The molecule has 0 aliphatic heterocycles. The largest absolute Gasteiger partial charge is 0.396 e. The van der Waals surface area contributed by atoms with E-state index in [0.29, 0.717) is 5.92 Å². The van der Waals surface area contributed by atoms with Gasteiger partial charge in [-0.05, 0) is 137 Å². The van der Waals surface area contributed by atoms with E-state index in [1.807, 2.05) is 6.92 Å². The molecule has 2 nitrogen and oxygen atoms in total. The second kappa shape index (κ2) is 26.9. The second-order valence-corrected chi connectivity index (χ2v) is 14.0. The minimum absolute atomic E-state index is 0.0175. The molecule has 0 saturated heterocycles. The molecule has 0 heterocycles. The van der Waals surface area contributed by atoms with E-state index in [9.17, 15) is 10.2 Å². The first kappa shape index (κ1) is 44.1. The Hall–Kier alpha value is -2.94. The molecule has 2 aromatic carbocycles. The minimum atomic E-state index is 0.0175. The molecule has 49 heavy (non-hydrogen) atoms. The van der Waals surface area contributed by atoms with Crippen LogP contribution in [-0.4, -0.2) is 23.4 Å². The van der Waals surface area contributed by atoms with Gasteiger partial charge in [0.15, 0.2) is 0 Å². The maximum absolute atomic E-state index is 9.33. The van der Waals surface area contributed by atoms with Crippen LogP contribution in [0.2, 0.25) is 0 Å². The van der Waals surface area contributed by atoms with Crippen molar-refractivity contribution < 1.29 is 10.2 Å². The van der Waals surface area contributed by atoms with Gasteiger partial charge in [0.05, 0.1) is 0 Å². The topological polar surface area (TPSA) is 40.5 Å². The molecule has 0 spiro atoms. The highest BCUT2D eigenvalue weighted by Gasteiger charge is 2.16. The average Bonchev–Trinajstić information content (AvgIpc) is 3.13. The maximum atomic E-state index is 9.33. The number of benzene rings is 2. The van der Waals surface area contributed by atoms with Crippen molar-refractivity contribution in [2.75, 3.05) is 13.2 Å². The summed E-state index contributed by atoms with van der Waals surface area (Å²) in [5.41, 5.74) is 11.2. The molecule has 2 heteroatoms. The fourth-order valence-corrected chi connectivity index (χ4v) is 6.52. The van der Waals surface area contributed by atoms with E-state index in [1.165, 1.54) is 83.9 Å². The predicted molar refractivity (Wildman–Crippen MR) is 218 cm³/mol. The first-order valence-corrected chi connectivity index (χ1v) is 19.3. The number of unbranched alkanes of at least 4 members (excludes halogenated alkanes) is 3. The quantitative estimate of drug-likeness (QED) is 0.0837. The van der Waals surface area contributed by atoms with E-state index in [1.54, 1.807) is 12.2 Å². The van der Waals surface area contributed by atoms with Crippen LogP contribution in [0.3, 0.4) is 0 Å². The molecular weight excluding hydrogens is 597 g/mol. The fraction of sp³-hybridized carbons (Fsp3) is 0.532. The van der Waals surface area contributed by atoms with Crippen LogP contribution in [0.5, 0.6) is 0 Å². The summed E-state index contributed by atoms with van der Waals surface area (Å²) in [6, 6.07) is 13.8. The summed E-state index contributed by atoms with van der Waals surface area (Å²) in [6.45, 7) is 26.0. The van der Waals surface area contributed by atoms with Gasteiger partial charge in [-0.15, -0.1) is 0 Å². The van der Waals surface area contributed by atoms with Crippen molar-refractivity contribution in [2.24, 2.45) is 11.8 Å². The first-order chi connectivity index (χ1) is 23.7. The lowest BCUT2D eigenvalue weighted by molar-refractivity contribution is 0.142. The zero-order chi connectivity index (χ0) is 36.4. The Morgan fingerprint density at radius 3 is 1.98 bits per heavy atom. The molecule has 0 radical (unpaired) electrons. The van der Waals surface area contributed by atoms with Crippen LogP contribution in [0.4, 0.5) is 0 Å². The molecule has 1 aliphatic rings. The van der Waals surface area contributed by atoms with E-state index < -0.39 is 0 Å². The number of allylic oxidation sites excluding steroid dienone is 6. The fourth-order valence-electron chi connectivity index (χ4n) is 6.52. The highest BCUT2D eigenvalue weighted by molar-refractivity contribution is 5.37. The van der Waals surface area contributed by atoms with Crippen molar-refractivity contribution in [3.8, 4) is 0 Å². The van der Waals surface area contributed by atoms with Gasteiger partial charge in [-0.25, -0.2) is 0 Å². The number of hydrogen-bond donors (Lipinski definition) is 2. The van der Waals surface area contributed by atoms with Gasteiger partial charge in [-0.3, -0.25) is 0 Å². The molecule has 272 valence electrons. The van der Waals surface area contributed by atoms with E-state index in [2.05, 4.69) is 103 Å². The van der Waals surface area contributed by atoms with Gasteiger partial charge in [-0.1, -0.05) is 132 Å². The van der Waals surface area contributed by atoms with Gasteiger partial charge in [0.1, 0.15) is 0 Å². The Kier molecular flexibility index (Phi) is 24.2. The maximum Gasteiger partial charge on any atom is 0.0481 e. The Balaban J connectivity index is 0.000000481. The SMILES string of the molecule is C=C(C)C(=C)CCCCc1cccc(CCCCC)c1CCCC(CO)CO.C=CC=C.CCc1cc(C2C=CC(CC)CC2)ccc1C. The summed E-state index contributed by atoms with van der Waals surface area (Å²) < 4.78 is 0. The van der Waals surface area contributed by atoms with Crippen molar-refractivity contribution in [1.29, 1.82) is 0 Å². The highest BCUT2D eigenvalue weighted by Crippen LogP contribution is 2.32. The number of rotatable bonds is 20. The molecule has 2 aromatic rings. The highest BCUT2D eigenvalue weighted by atomic mass is 16.3. The Bertz CT molecular complexity index is 1250. The van der Waals surface area contributed by atoms with Crippen LogP contribution in [-0.2, 0) is 25.7 Å². The van der Waals surface area contributed by atoms with Gasteiger partial charge in [-0.2, -0.15) is 0 Å². The monoisotopic (exact) mass is 669 g/mol. The number of hydrogen-bond acceptors (Lipinski definition) is 2. The van der Waals surface area contributed by atoms with Crippen molar-refractivity contribution in [3.63, 3.8) is 0 Å². The number of aliphatic hydroxyl groups excluding tert-OH is 2. The average molecular weight is 669 g/mol. The van der Waals surface area contributed by atoms with Gasteiger partial charge >= 0.3 is 0 Å². The van der Waals surface area contributed by atoms with E-state index in [4.69, 9.17) is 0 Å². The molecule has 3 rings (SSSR count). The number of aryl methyl sites for hydroxylation is 4. The first-order valence-electron chi connectivity index (χ1n) is 19.3. The van der Waals surface area contributed by atoms with E-state index >= 15 is 0 Å². The standard InChI is InChI=1S/C26H42O2.C17H24.C4H6/c1-5-6-7-14-24-16-11-17-25(15-9-8-12-22(4)21(2)3)26(24)18-10-13-23(19-27)20-28;1-4-14-7-10-16(11-8-14)17-9-6-13(3)15(5-2)12-17;1-3-4-2/h11,16-17,23,27-28H,2,4-10,12-15,18-20H2,1,3H3;6-7,9-10,12,14,16H,4-5,8,11H2,1-3H3;3-4H,1-2H2. The lowest BCUT2D eigenvalue weighted by Crippen LogP contribution is -2.11. The lowest BCUT2D eigenvalue weighted by atomic mass is 9.82. The third-order valence-electron chi connectivity index (χ3n) is 10.1. The Labute approximate surface area is 302 Å². The zero-order valence-electron chi connectivity index (χ0n) is 32.2. The molecule has 1 aliphatic carbocycles. The summed E-state index contributed by atoms with van der Waals surface area (Å²) >= 11 is 0. The summed E-state index contributed by atoms with van der Waals surface area (Å²) in [5, 5.41) is 18.7. The Morgan fingerprint density at radius 1 is 0.816 bits per heavy atom. The minimum Gasteiger partial charge on any atom is -0.396 e. The van der Waals surface area contributed by atoms with Crippen LogP contribution in [0.1, 0.15) is 138 Å². The van der Waals surface area contributed by atoms with Gasteiger partial charge < -0.3 is 10.2 Å². The third-order valence-corrected chi connectivity index (χ3v) is 10.1. The van der Waals surface area contributed by atoms with Gasteiger partial charge in [0.25, 0.3) is 0 Å². The van der Waals surface area contributed by atoms with Crippen LogP contribution in [0, 0.1) is 18.8 Å². The summed E-state index contributed by atoms with van der Waals surface area (Å²) in [4.78, 5) is 0. The molecule has 0 amide bonds. The molecule has 0 bridgehead atoms. The molecule has 0 aromatic heterocycles. The van der Waals surface area contributed by atoms with Crippen LogP contribution < -0.4 is 0 Å². The van der Waals surface area contributed by atoms with Crippen LogP contribution in [0.15, 0.2) is 98.2 Å². The molecule has 2 N–H and O–H groups in total. The van der Waals surface area contributed by atoms with Crippen molar-refractivity contribution in [2.45, 2.75) is 137 Å². The predicted octanol–water partition coefficient (Wildman–Crippen LogP) is 12.6. The second-order valence-electron chi connectivity index (χ2n) is 14.0. The smallest absolute Gasteiger partial charge is 0.0481 e. The molecule has 0 fully saturated rings. The summed E-state index contributed by atoms with van der Waals surface area (Å²) in [6.07, 6.45) is 25.6.